The predicted octanol–water partition coefficient (Wildman–Crippen LogP) is 3.47. The van der Waals surface area contributed by atoms with Crippen LogP contribution in [0.2, 0.25) is 0 Å². The number of fused-ring (bicyclic) bond motifs is 2. The van der Waals surface area contributed by atoms with Crippen molar-refractivity contribution in [2.24, 2.45) is 35.3 Å². The highest BCUT2D eigenvalue weighted by atomic mass is 16.4. The largest absolute Gasteiger partial charge is 0.480 e. The van der Waals surface area contributed by atoms with Gasteiger partial charge in [-0.3, -0.25) is 15.1 Å². The third-order valence-corrected chi connectivity index (χ3v) is 8.20. The molecule has 4 aliphatic rings. The second kappa shape index (κ2) is 7.49. The Kier molecular flexibility index (Phi) is 5.27. The van der Waals surface area contributed by atoms with Crippen LogP contribution in [0, 0.1) is 35.0 Å². The number of carbonyl (C=O) groups is 1. The first-order valence-electron chi connectivity index (χ1n) is 10.9. The van der Waals surface area contributed by atoms with Crippen LogP contribution >= 0.6 is 0 Å². The zero-order valence-electron chi connectivity index (χ0n) is 15.9. The smallest absolute Gasteiger partial charge is 0.320 e. The fourth-order valence-electron chi connectivity index (χ4n) is 6.90. The predicted molar refractivity (Wildman–Crippen MR) is 102 cm³/mol. The van der Waals surface area contributed by atoms with Crippen molar-refractivity contribution in [3.05, 3.63) is 0 Å². The van der Waals surface area contributed by atoms with Gasteiger partial charge in [0.05, 0.1) is 5.84 Å². The average molecular weight is 362 g/mol. The van der Waals surface area contributed by atoms with Gasteiger partial charge in [-0.1, -0.05) is 32.1 Å². The first-order valence-corrected chi connectivity index (χ1v) is 10.9. The Morgan fingerprint density at radius 3 is 2.54 bits per heavy atom. The third kappa shape index (κ3) is 3.39. The molecule has 4 rings (SSSR count). The average Bonchev–Trinajstić information content (AvgIpc) is 3.00. The van der Waals surface area contributed by atoms with E-state index in [2.05, 4.69) is 4.90 Å². The van der Waals surface area contributed by atoms with Gasteiger partial charge in [-0.15, -0.1) is 0 Å². The Balaban J connectivity index is 1.51. The number of hydrogen-bond acceptors (Lipinski definition) is 3. The third-order valence-electron chi connectivity index (χ3n) is 8.20. The van der Waals surface area contributed by atoms with Crippen LogP contribution in [-0.4, -0.2) is 40.4 Å². The van der Waals surface area contributed by atoms with Gasteiger partial charge in [-0.2, -0.15) is 0 Å². The van der Waals surface area contributed by atoms with Crippen molar-refractivity contribution in [1.29, 1.82) is 5.41 Å². The minimum Gasteiger partial charge on any atom is -0.480 e. The van der Waals surface area contributed by atoms with Gasteiger partial charge in [0, 0.05) is 18.5 Å². The summed E-state index contributed by atoms with van der Waals surface area (Å²) in [6.45, 7) is 0.962. The molecule has 3 saturated carbocycles. The van der Waals surface area contributed by atoms with Gasteiger partial charge in [-0.05, 0) is 62.2 Å². The summed E-state index contributed by atoms with van der Waals surface area (Å²) in [6.07, 6.45) is 13.2. The van der Waals surface area contributed by atoms with Gasteiger partial charge in [0.1, 0.15) is 6.04 Å². The number of hydrogen-bond donors (Lipinski definition) is 3. The highest BCUT2D eigenvalue weighted by Gasteiger charge is 2.49. The Labute approximate surface area is 157 Å². The number of nitrogens with two attached hydrogens (primary N) is 1. The first-order chi connectivity index (χ1) is 12.5. The van der Waals surface area contributed by atoms with Crippen molar-refractivity contribution in [1.82, 2.24) is 4.90 Å². The van der Waals surface area contributed by atoms with E-state index in [0.717, 1.165) is 44.1 Å². The summed E-state index contributed by atoms with van der Waals surface area (Å²) in [7, 11) is 0. The maximum absolute atomic E-state index is 12.0. The highest BCUT2D eigenvalue weighted by molar-refractivity contribution is 5.80. The van der Waals surface area contributed by atoms with Crippen molar-refractivity contribution in [3.63, 3.8) is 0 Å². The Morgan fingerprint density at radius 1 is 1.00 bits per heavy atom. The van der Waals surface area contributed by atoms with E-state index >= 15 is 0 Å². The molecule has 0 amide bonds. The van der Waals surface area contributed by atoms with Crippen LogP contribution in [0.1, 0.15) is 70.6 Å². The van der Waals surface area contributed by atoms with Crippen LogP contribution in [0.15, 0.2) is 0 Å². The zero-order valence-corrected chi connectivity index (χ0v) is 15.9. The Hall–Kier alpha value is -1.10. The van der Waals surface area contributed by atoms with Crippen LogP contribution in [0.4, 0.5) is 0 Å². The number of carboxylic acid groups (broad SMARTS) is 1. The minimum atomic E-state index is -0.644. The van der Waals surface area contributed by atoms with Gasteiger partial charge in [-0.25, -0.2) is 0 Å². The molecule has 4 fully saturated rings. The van der Waals surface area contributed by atoms with Crippen molar-refractivity contribution in [2.75, 3.05) is 6.54 Å². The second-order valence-electron chi connectivity index (χ2n) is 9.48. The number of carboxylic acids is 1. The van der Waals surface area contributed by atoms with Crippen molar-refractivity contribution in [2.45, 2.75) is 82.7 Å². The van der Waals surface area contributed by atoms with Crippen LogP contribution in [0.25, 0.3) is 0 Å². The van der Waals surface area contributed by atoms with E-state index in [1.165, 1.54) is 44.9 Å². The lowest BCUT2D eigenvalue weighted by atomic mass is 9.65. The molecule has 0 radical (unpaired) electrons. The monoisotopic (exact) mass is 361 g/mol. The molecular formula is C21H35N3O2. The molecule has 146 valence electrons. The molecule has 3 aliphatic carbocycles. The van der Waals surface area contributed by atoms with E-state index in [1.54, 1.807) is 0 Å². The highest BCUT2D eigenvalue weighted by Crippen LogP contribution is 2.47. The number of rotatable bonds is 4. The number of nitrogens with zero attached hydrogens (tertiary/aromatic N) is 1. The molecule has 0 bridgehead atoms. The molecule has 1 saturated heterocycles. The maximum atomic E-state index is 12.0. The summed E-state index contributed by atoms with van der Waals surface area (Å²) in [4.78, 5) is 14.3. The van der Waals surface area contributed by atoms with Crippen LogP contribution in [0.5, 0.6) is 0 Å². The molecule has 1 heterocycles. The summed E-state index contributed by atoms with van der Waals surface area (Å²) in [5.41, 5.74) is 5.81. The van der Waals surface area contributed by atoms with Crippen LogP contribution < -0.4 is 5.73 Å². The lowest BCUT2D eigenvalue weighted by Crippen LogP contribution is -2.49. The molecule has 26 heavy (non-hydrogen) atoms. The van der Waals surface area contributed by atoms with Crippen molar-refractivity contribution >= 4 is 11.8 Å². The topological polar surface area (TPSA) is 90.4 Å². The maximum Gasteiger partial charge on any atom is 0.320 e. The fraction of sp³-hybridized carbons (Fsp3) is 0.905. The van der Waals surface area contributed by atoms with Gasteiger partial charge in [0.15, 0.2) is 0 Å². The van der Waals surface area contributed by atoms with E-state index in [0.29, 0.717) is 23.7 Å². The second-order valence-corrected chi connectivity index (χ2v) is 9.48. The molecule has 5 nitrogen and oxygen atoms in total. The molecule has 7 unspecified atom stereocenters. The number of aliphatic carboxylic acids is 1. The van der Waals surface area contributed by atoms with E-state index in [1.807, 2.05) is 0 Å². The van der Waals surface area contributed by atoms with E-state index in [4.69, 9.17) is 11.1 Å². The SMILES string of the molecule is N=C(N)C1CCC2CC(C(=O)O)N(CC3CCCC4CCCCC43)C2C1. The quantitative estimate of drug-likeness (QED) is 0.528. The number of amidine groups is 1. The first kappa shape index (κ1) is 18.3. The zero-order chi connectivity index (χ0) is 18.3. The number of nitrogens with one attached hydrogen (secondary N) is 1. The molecule has 0 aromatic heterocycles. The minimum absolute atomic E-state index is 0.153. The summed E-state index contributed by atoms with van der Waals surface area (Å²) in [5, 5.41) is 17.7. The normalized spacial score (nSPS) is 43.5. The lowest BCUT2D eigenvalue weighted by Gasteiger charge is -2.45. The number of likely N-dealkylation sites (tertiary alicyclic amines) is 1. The van der Waals surface area contributed by atoms with Gasteiger partial charge in [0.2, 0.25) is 0 Å². The van der Waals surface area contributed by atoms with Gasteiger partial charge < -0.3 is 10.8 Å². The van der Waals surface area contributed by atoms with Gasteiger partial charge >= 0.3 is 5.97 Å². The molecule has 0 aromatic rings. The molecule has 0 aromatic carbocycles. The Bertz CT molecular complexity index is 549. The van der Waals surface area contributed by atoms with E-state index < -0.39 is 5.97 Å². The molecule has 7 atom stereocenters. The van der Waals surface area contributed by atoms with Crippen LogP contribution in [0.3, 0.4) is 0 Å². The summed E-state index contributed by atoms with van der Waals surface area (Å²) >= 11 is 0. The Morgan fingerprint density at radius 2 is 1.77 bits per heavy atom. The molecule has 1 aliphatic heterocycles. The molecule has 4 N–H and O–H groups in total. The van der Waals surface area contributed by atoms with E-state index in [-0.39, 0.29) is 12.0 Å². The molecule has 5 heteroatoms. The lowest BCUT2D eigenvalue weighted by molar-refractivity contribution is -0.143. The van der Waals surface area contributed by atoms with Crippen molar-refractivity contribution in [3.8, 4) is 0 Å². The van der Waals surface area contributed by atoms with Gasteiger partial charge in [0.25, 0.3) is 0 Å². The molecule has 0 spiro atoms. The summed E-state index contributed by atoms with van der Waals surface area (Å²) < 4.78 is 0. The van der Waals surface area contributed by atoms with Crippen molar-refractivity contribution < 1.29 is 9.90 Å². The fourth-order valence-corrected chi connectivity index (χ4v) is 6.90. The summed E-state index contributed by atoms with van der Waals surface area (Å²) in [5.74, 6) is 2.67. The van der Waals surface area contributed by atoms with Crippen LogP contribution in [-0.2, 0) is 4.79 Å². The molecular weight excluding hydrogens is 326 g/mol. The summed E-state index contributed by atoms with van der Waals surface area (Å²) in [6, 6.07) is 0.00222. The standard InChI is InChI=1S/C21H35N3O2/c22-20(23)15-9-8-14-10-19(21(25)26)24(18(14)11-15)12-16-6-3-5-13-4-1-2-7-17(13)16/h13-19H,1-12H2,(H3,22,23)(H,25,26). The van der Waals surface area contributed by atoms with E-state index in [9.17, 15) is 9.90 Å².